The standard InChI is InChI=1S/C17H25NO4S/c1-2-20-17(19)15(18)12-23-11-13-6-5-7-14(10-13)22-16-8-3-4-9-21-16/h5-7,10,15-16H,2-4,8-9,11-12,18H2,1H3/t15-,16?/m1/s1. The quantitative estimate of drug-likeness (QED) is 0.734. The Labute approximate surface area is 141 Å². The molecule has 2 atom stereocenters. The van der Waals surface area contributed by atoms with E-state index in [1.165, 1.54) is 0 Å². The van der Waals surface area contributed by atoms with Gasteiger partial charge in [-0.05, 0) is 37.5 Å². The molecule has 6 heteroatoms. The zero-order chi connectivity index (χ0) is 16.5. The van der Waals surface area contributed by atoms with Crippen LogP contribution in [0.4, 0.5) is 0 Å². The third kappa shape index (κ3) is 6.41. The van der Waals surface area contributed by atoms with Crippen LogP contribution < -0.4 is 10.5 Å². The van der Waals surface area contributed by atoms with Gasteiger partial charge in [-0.1, -0.05) is 12.1 Å². The fourth-order valence-electron chi connectivity index (χ4n) is 2.29. The topological polar surface area (TPSA) is 70.8 Å². The molecule has 1 aliphatic heterocycles. The minimum Gasteiger partial charge on any atom is -0.465 e. The summed E-state index contributed by atoms with van der Waals surface area (Å²) in [6, 6.07) is 7.39. The highest BCUT2D eigenvalue weighted by molar-refractivity contribution is 7.98. The lowest BCUT2D eigenvalue weighted by Crippen LogP contribution is -2.34. The summed E-state index contributed by atoms with van der Waals surface area (Å²) < 4.78 is 16.4. The van der Waals surface area contributed by atoms with Crippen LogP contribution in [0.1, 0.15) is 31.7 Å². The molecule has 1 saturated heterocycles. The lowest BCUT2D eigenvalue weighted by Gasteiger charge is -2.23. The molecular formula is C17H25NO4S. The molecule has 1 unspecified atom stereocenters. The van der Waals surface area contributed by atoms with E-state index in [0.717, 1.165) is 42.9 Å². The Kier molecular flexibility index (Phi) is 7.71. The van der Waals surface area contributed by atoms with Crippen LogP contribution in [0.15, 0.2) is 24.3 Å². The van der Waals surface area contributed by atoms with Gasteiger partial charge in [0.1, 0.15) is 11.8 Å². The van der Waals surface area contributed by atoms with Gasteiger partial charge in [-0.2, -0.15) is 11.8 Å². The van der Waals surface area contributed by atoms with Gasteiger partial charge in [-0.25, -0.2) is 0 Å². The highest BCUT2D eigenvalue weighted by atomic mass is 32.2. The van der Waals surface area contributed by atoms with Gasteiger partial charge in [0, 0.05) is 17.9 Å². The van der Waals surface area contributed by atoms with Crippen molar-refractivity contribution >= 4 is 17.7 Å². The van der Waals surface area contributed by atoms with Gasteiger partial charge in [0.05, 0.1) is 13.2 Å². The molecule has 2 N–H and O–H groups in total. The maximum Gasteiger partial charge on any atom is 0.323 e. The first-order valence-corrected chi connectivity index (χ1v) is 9.21. The van der Waals surface area contributed by atoms with Gasteiger partial charge in [-0.15, -0.1) is 0 Å². The largest absolute Gasteiger partial charge is 0.465 e. The average Bonchev–Trinajstić information content (AvgIpc) is 2.56. The minimum absolute atomic E-state index is 0.135. The van der Waals surface area contributed by atoms with Gasteiger partial charge in [0.25, 0.3) is 0 Å². The van der Waals surface area contributed by atoms with Crippen molar-refractivity contribution in [1.29, 1.82) is 0 Å². The van der Waals surface area contributed by atoms with E-state index in [0.29, 0.717) is 12.4 Å². The lowest BCUT2D eigenvalue weighted by molar-refractivity contribution is -0.144. The second kappa shape index (κ2) is 9.80. The number of ether oxygens (including phenoxy) is 3. The summed E-state index contributed by atoms with van der Waals surface area (Å²) in [6.07, 6.45) is 3.06. The molecule has 23 heavy (non-hydrogen) atoms. The molecule has 5 nitrogen and oxygen atoms in total. The number of rotatable bonds is 8. The lowest BCUT2D eigenvalue weighted by atomic mass is 10.2. The third-order valence-electron chi connectivity index (χ3n) is 3.46. The summed E-state index contributed by atoms with van der Waals surface area (Å²) in [5.41, 5.74) is 6.92. The summed E-state index contributed by atoms with van der Waals surface area (Å²) in [5, 5.41) is 0. The minimum atomic E-state index is -0.574. The van der Waals surface area contributed by atoms with E-state index in [1.54, 1.807) is 18.7 Å². The van der Waals surface area contributed by atoms with Crippen LogP contribution in [0.5, 0.6) is 5.75 Å². The second-order valence-electron chi connectivity index (χ2n) is 5.44. The summed E-state index contributed by atoms with van der Waals surface area (Å²) >= 11 is 1.61. The summed E-state index contributed by atoms with van der Waals surface area (Å²) in [5.74, 6) is 1.79. The van der Waals surface area contributed by atoms with Gasteiger partial charge in [0.15, 0.2) is 6.29 Å². The average molecular weight is 339 g/mol. The van der Waals surface area contributed by atoms with Crippen LogP contribution in [0.2, 0.25) is 0 Å². The molecule has 1 aromatic rings. The summed E-state index contributed by atoms with van der Waals surface area (Å²) in [6.45, 7) is 2.91. The first-order chi connectivity index (χ1) is 11.2. The molecule has 0 aromatic heterocycles. The first kappa shape index (κ1) is 18.1. The maximum absolute atomic E-state index is 11.5. The van der Waals surface area contributed by atoms with E-state index in [9.17, 15) is 4.79 Å². The van der Waals surface area contributed by atoms with Crippen molar-refractivity contribution < 1.29 is 19.0 Å². The van der Waals surface area contributed by atoms with Gasteiger partial charge in [-0.3, -0.25) is 4.79 Å². The molecular weight excluding hydrogens is 314 g/mol. The van der Waals surface area contributed by atoms with E-state index in [2.05, 4.69) is 0 Å². The van der Waals surface area contributed by atoms with Gasteiger partial charge < -0.3 is 19.9 Å². The van der Waals surface area contributed by atoms with Crippen LogP contribution in [0.3, 0.4) is 0 Å². The number of benzene rings is 1. The van der Waals surface area contributed by atoms with E-state index in [1.807, 2.05) is 24.3 Å². The molecule has 128 valence electrons. The number of thioether (sulfide) groups is 1. The van der Waals surface area contributed by atoms with Crippen LogP contribution in [-0.2, 0) is 20.0 Å². The molecule has 1 aliphatic rings. The predicted octanol–water partition coefficient (Wildman–Crippen LogP) is 2.72. The van der Waals surface area contributed by atoms with Crippen LogP contribution >= 0.6 is 11.8 Å². The highest BCUT2D eigenvalue weighted by Crippen LogP contribution is 2.22. The molecule has 1 fully saturated rings. The Balaban J connectivity index is 1.77. The SMILES string of the molecule is CCOC(=O)[C@H](N)CSCc1cccc(OC2CCCCO2)c1. The number of hydrogen-bond donors (Lipinski definition) is 1. The molecule has 1 heterocycles. The third-order valence-corrected chi connectivity index (χ3v) is 4.59. The fraction of sp³-hybridized carbons (Fsp3) is 0.588. The maximum atomic E-state index is 11.5. The Morgan fingerprint density at radius 1 is 1.48 bits per heavy atom. The van der Waals surface area contributed by atoms with Crippen molar-refractivity contribution in [3.05, 3.63) is 29.8 Å². The summed E-state index contributed by atoms with van der Waals surface area (Å²) in [4.78, 5) is 11.5. The van der Waals surface area contributed by atoms with Crippen LogP contribution in [-0.4, -0.2) is 37.3 Å². The van der Waals surface area contributed by atoms with Crippen molar-refractivity contribution in [2.24, 2.45) is 5.73 Å². The van der Waals surface area contributed by atoms with Gasteiger partial charge in [0.2, 0.25) is 0 Å². The van der Waals surface area contributed by atoms with Crippen molar-refractivity contribution in [1.82, 2.24) is 0 Å². The molecule has 0 amide bonds. The number of carbonyl (C=O) groups excluding carboxylic acids is 1. The van der Waals surface area contributed by atoms with E-state index in [4.69, 9.17) is 19.9 Å². The van der Waals surface area contributed by atoms with E-state index in [-0.39, 0.29) is 12.3 Å². The molecule has 2 rings (SSSR count). The van der Waals surface area contributed by atoms with Crippen LogP contribution in [0, 0.1) is 0 Å². The Morgan fingerprint density at radius 2 is 2.35 bits per heavy atom. The zero-order valence-corrected chi connectivity index (χ0v) is 14.3. The smallest absolute Gasteiger partial charge is 0.323 e. The van der Waals surface area contributed by atoms with Gasteiger partial charge >= 0.3 is 5.97 Å². The number of carbonyl (C=O) groups is 1. The molecule has 1 aromatic carbocycles. The van der Waals surface area contributed by atoms with Crippen molar-refractivity contribution in [2.75, 3.05) is 19.0 Å². The highest BCUT2D eigenvalue weighted by Gasteiger charge is 2.16. The zero-order valence-electron chi connectivity index (χ0n) is 13.5. The summed E-state index contributed by atoms with van der Waals surface area (Å²) in [7, 11) is 0. The molecule has 0 radical (unpaired) electrons. The van der Waals surface area contributed by atoms with Crippen molar-refractivity contribution in [3.63, 3.8) is 0 Å². The number of nitrogens with two attached hydrogens (primary N) is 1. The molecule has 0 bridgehead atoms. The van der Waals surface area contributed by atoms with Crippen LogP contribution in [0.25, 0.3) is 0 Å². The Bertz CT molecular complexity index is 491. The molecule has 0 aliphatic carbocycles. The van der Waals surface area contributed by atoms with E-state index < -0.39 is 6.04 Å². The van der Waals surface area contributed by atoms with Crippen molar-refractivity contribution in [3.8, 4) is 5.75 Å². The first-order valence-electron chi connectivity index (χ1n) is 8.06. The Morgan fingerprint density at radius 3 is 3.09 bits per heavy atom. The Hall–Kier alpha value is -1.24. The number of hydrogen-bond acceptors (Lipinski definition) is 6. The number of esters is 1. The molecule has 0 spiro atoms. The van der Waals surface area contributed by atoms with Crippen molar-refractivity contribution in [2.45, 2.75) is 44.3 Å². The predicted molar refractivity (Wildman–Crippen MR) is 91.4 cm³/mol. The molecule has 0 saturated carbocycles. The monoisotopic (exact) mass is 339 g/mol. The normalized spacial score (nSPS) is 19.1. The van der Waals surface area contributed by atoms with E-state index >= 15 is 0 Å². The fourth-order valence-corrected chi connectivity index (χ4v) is 3.21. The second-order valence-corrected chi connectivity index (χ2v) is 6.47.